The molecule has 0 aromatic carbocycles. The van der Waals surface area contributed by atoms with Crippen molar-refractivity contribution in [1.82, 2.24) is 15.3 Å². The smallest absolute Gasteiger partial charge is 0.152 e. The van der Waals surface area contributed by atoms with Crippen LogP contribution >= 0.6 is 0 Å². The van der Waals surface area contributed by atoms with Crippen molar-refractivity contribution in [2.24, 2.45) is 5.92 Å². The number of rotatable bonds is 5. The van der Waals surface area contributed by atoms with Crippen LogP contribution in [0.3, 0.4) is 0 Å². The third-order valence-electron chi connectivity index (χ3n) is 3.18. The number of hydrogen-bond acceptors (Lipinski definition) is 3. The molecule has 0 aliphatic rings. The second kappa shape index (κ2) is 5.40. The first-order chi connectivity index (χ1) is 8.61. The molecule has 1 unspecified atom stereocenters. The predicted molar refractivity (Wildman–Crippen MR) is 72.5 cm³/mol. The largest absolute Gasteiger partial charge is 0.460 e. The van der Waals surface area contributed by atoms with E-state index in [9.17, 15) is 0 Å². The van der Waals surface area contributed by atoms with Crippen LogP contribution in [0.1, 0.15) is 31.4 Å². The lowest BCUT2D eigenvalue weighted by Gasteiger charge is -2.17. The van der Waals surface area contributed by atoms with Gasteiger partial charge in [-0.05, 0) is 32.0 Å². The summed E-state index contributed by atoms with van der Waals surface area (Å²) in [4.78, 5) is 7.85. The molecular formula is C14H21N3O. The van der Waals surface area contributed by atoms with E-state index in [2.05, 4.69) is 29.1 Å². The van der Waals surface area contributed by atoms with Crippen molar-refractivity contribution < 1.29 is 4.42 Å². The van der Waals surface area contributed by atoms with Crippen LogP contribution in [0.25, 0.3) is 11.5 Å². The van der Waals surface area contributed by atoms with Crippen LogP contribution in [0.5, 0.6) is 0 Å². The van der Waals surface area contributed by atoms with E-state index in [1.54, 1.807) is 0 Å². The number of hydrogen-bond donors (Lipinski definition) is 2. The van der Waals surface area contributed by atoms with Gasteiger partial charge in [0, 0.05) is 12.5 Å². The first kappa shape index (κ1) is 12.9. The minimum atomic E-state index is 0.389. The average Bonchev–Trinajstić information content (AvgIpc) is 2.93. The lowest BCUT2D eigenvalue weighted by molar-refractivity contribution is 0.461. The number of nitrogens with one attached hydrogen (secondary N) is 2. The van der Waals surface area contributed by atoms with Crippen molar-refractivity contribution in [1.29, 1.82) is 0 Å². The van der Waals surface area contributed by atoms with E-state index in [1.807, 2.05) is 32.3 Å². The molecule has 0 aliphatic heterocycles. The van der Waals surface area contributed by atoms with Gasteiger partial charge in [-0.3, -0.25) is 0 Å². The highest BCUT2D eigenvalue weighted by molar-refractivity contribution is 5.51. The van der Waals surface area contributed by atoms with Crippen molar-refractivity contribution in [3.8, 4) is 11.5 Å². The topological polar surface area (TPSA) is 53.9 Å². The summed E-state index contributed by atoms with van der Waals surface area (Å²) in [6, 6.07) is 3.93. The summed E-state index contributed by atoms with van der Waals surface area (Å²) in [7, 11) is 1.97. The number of likely N-dealkylation sites (N-methyl/N-ethyl adjacent to an activating group) is 1. The molecule has 2 rings (SSSR count). The molecule has 1 atom stereocenters. The Morgan fingerprint density at radius 2 is 2.17 bits per heavy atom. The maximum absolute atomic E-state index is 5.60. The van der Waals surface area contributed by atoms with Gasteiger partial charge in [-0.2, -0.15) is 0 Å². The Balaban J connectivity index is 2.23. The molecule has 98 valence electrons. The van der Waals surface area contributed by atoms with Crippen molar-refractivity contribution in [2.75, 3.05) is 13.6 Å². The van der Waals surface area contributed by atoms with E-state index in [1.165, 1.54) is 0 Å². The summed E-state index contributed by atoms with van der Waals surface area (Å²) >= 11 is 0. The molecule has 0 fully saturated rings. The Kier molecular flexibility index (Phi) is 3.87. The number of aromatic amines is 1. The normalized spacial score (nSPS) is 13.2. The Morgan fingerprint density at radius 1 is 1.39 bits per heavy atom. The van der Waals surface area contributed by atoms with Gasteiger partial charge in [0.25, 0.3) is 0 Å². The van der Waals surface area contributed by atoms with Gasteiger partial charge in [0.1, 0.15) is 17.3 Å². The van der Waals surface area contributed by atoms with Gasteiger partial charge >= 0.3 is 0 Å². The zero-order valence-corrected chi connectivity index (χ0v) is 11.4. The second-order valence-electron chi connectivity index (χ2n) is 5.00. The molecule has 0 bridgehead atoms. The molecule has 0 saturated heterocycles. The number of aromatic nitrogens is 2. The molecule has 0 saturated carbocycles. The molecule has 2 N–H and O–H groups in total. The molecule has 18 heavy (non-hydrogen) atoms. The lowest BCUT2D eigenvalue weighted by Crippen LogP contribution is -2.22. The highest BCUT2D eigenvalue weighted by Gasteiger charge is 2.19. The monoisotopic (exact) mass is 247 g/mol. The molecule has 2 aromatic rings. The summed E-state index contributed by atoms with van der Waals surface area (Å²) in [5.74, 6) is 3.70. The fourth-order valence-electron chi connectivity index (χ4n) is 2.10. The molecular weight excluding hydrogens is 226 g/mol. The van der Waals surface area contributed by atoms with Crippen LogP contribution < -0.4 is 5.32 Å². The highest BCUT2D eigenvalue weighted by atomic mass is 16.3. The van der Waals surface area contributed by atoms with Gasteiger partial charge in [0.2, 0.25) is 0 Å². The Bertz CT molecular complexity index is 499. The minimum Gasteiger partial charge on any atom is -0.460 e. The number of imidazole rings is 1. The van der Waals surface area contributed by atoms with Gasteiger partial charge < -0.3 is 14.7 Å². The maximum atomic E-state index is 5.60. The third kappa shape index (κ3) is 2.64. The SMILES string of the molecule is CNCC(c1ncc(-c2ccc(C)o2)[nH]1)C(C)C. The van der Waals surface area contributed by atoms with E-state index in [0.29, 0.717) is 11.8 Å². The zero-order valence-electron chi connectivity index (χ0n) is 11.4. The van der Waals surface area contributed by atoms with E-state index < -0.39 is 0 Å². The van der Waals surface area contributed by atoms with Crippen LogP contribution in [0.4, 0.5) is 0 Å². The molecule has 4 nitrogen and oxygen atoms in total. The highest BCUT2D eigenvalue weighted by Crippen LogP contribution is 2.25. The molecule has 0 aliphatic carbocycles. The second-order valence-corrected chi connectivity index (χ2v) is 5.00. The number of aryl methyl sites for hydroxylation is 1. The van der Waals surface area contributed by atoms with E-state index in [4.69, 9.17) is 4.42 Å². The van der Waals surface area contributed by atoms with Crippen LogP contribution in [0, 0.1) is 12.8 Å². The number of furan rings is 1. The summed E-state index contributed by atoms with van der Waals surface area (Å²) in [6.45, 7) is 7.28. The van der Waals surface area contributed by atoms with Crippen molar-refractivity contribution >= 4 is 0 Å². The van der Waals surface area contributed by atoms with Crippen LogP contribution in [0.15, 0.2) is 22.7 Å². The van der Waals surface area contributed by atoms with Crippen LogP contribution in [0.2, 0.25) is 0 Å². The van der Waals surface area contributed by atoms with E-state index in [0.717, 1.165) is 29.6 Å². The first-order valence-corrected chi connectivity index (χ1v) is 6.38. The van der Waals surface area contributed by atoms with E-state index >= 15 is 0 Å². The van der Waals surface area contributed by atoms with Crippen molar-refractivity contribution in [2.45, 2.75) is 26.7 Å². The molecule has 0 amide bonds. The standard InChI is InChI=1S/C14H21N3O/c1-9(2)11(7-15-4)14-16-8-12(17-14)13-6-5-10(3)18-13/h5-6,8-9,11,15H,7H2,1-4H3,(H,16,17). The number of nitrogens with zero attached hydrogens (tertiary/aromatic N) is 1. The van der Waals surface area contributed by atoms with E-state index in [-0.39, 0.29) is 0 Å². The summed E-state index contributed by atoms with van der Waals surface area (Å²) in [5, 5.41) is 3.22. The van der Waals surface area contributed by atoms with Gasteiger partial charge in [0.15, 0.2) is 5.76 Å². The summed E-state index contributed by atoms with van der Waals surface area (Å²) < 4.78 is 5.60. The quantitative estimate of drug-likeness (QED) is 0.854. The van der Waals surface area contributed by atoms with Gasteiger partial charge in [-0.15, -0.1) is 0 Å². The molecule has 4 heteroatoms. The Hall–Kier alpha value is -1.55. The van der Waals surface area contributed by atoms with Gasteiger partial charge in [-0.25, -0.2) is 4.98 Å². The fraction of sp³-hybridized carbons (Fsp3) is 0.500. The Labute approximate surface area is 108 Å². The summed E-state index contributed by atoms with van der Waals surface area (Å²) in [5.41, 5.74) is 0.944. The van der Waals surface area contributed by atoms with Crippen LogP contribution in [-0.2, 0) is 0 Å². The fourth-order valence-corrected chi connectivity index (χ4v) is 2.10. The average molecular weight is 247 g/mol. The number of H-pyrrole nitrogens is 1. The Morgan fingerprint density at radius 3 is 2.72 bits per heavy atom. The lowest BCUT2D eigenvalue weighted by atomic mass is 9.95. The molecule has 2 heterocycles. The predicted octanol–water partition coefficient (Wildman–Crippen LogP) is 2.94. The van der Waals surface area contributed by atoms with Gasteiger partial charge in [-0.1, -0.05) is 13.8 Å². The van der Waals surface area contributed by atoms with Crippen molar-refractivity contribution in [3.05, 3.63) is 29.9 Å². The summed E-state index contributed by atoms with van der Waals surface area (Å²) in [6.07, 6.45) is 1.85. The maximum Gasteiger partial charge on any atom is 0.152 e. The van der Waals surface area contributed by atoms with Crippen LogP contribution in [-0.4, -0.2) is 23.6 Å². The van der Waals surface area contributed by atoms with Crippen molar-refractivity contribution in [3.63, 3.8) is 0 Å². The molecule has 2 aromatic heterocycles. The van der Waals surface area contributed by atoms with Gasteiger partial charge in [0.05, 0.1) is 6.20 Å². The minimum absolute atomic E-state index is 0.389. The molecule has 0 radical (unpaired) electrons. The zero-order chi connectivity index (χ0) is 13.1. The third-order valence-corrected chi connectivity index (χ3v) is 3.18. The first-order valence-electron chi connectivity index (χ1n) is 6.38. The molecule has 0 spiro atoms.